The Morgan fingerprint density at radius 1 is 1.29 bits per heavy atom. The largest absolute Gasteiger partial charge is 1.00 e. The average Bonchev–Trinajstić information content (AvgIpc) is 2.64. The van der Waals surface area contributed by atoms with Crippen molar-refractivity contribution >= 4 is 16.3 Å². The second-order valence-corrected chi connectivity index (χ2v) is 5.97. The number of aromatic nitrogens is 2. The van der Waals surface area contributed by atoms with E-state index >= 15 is 0 Å². The van der Waals surface area contributed by atoms with Crippen LogP contribution in [0.15, 0.2) is 11.6 Å². The standard InChI is InChI=1S/C11H19N3S.2HI/c1-9-10(8-14(3,4)5)13-6-7-15-11(13)12(9)2;;/h6-7H,8H2,1-5H3;2*1H/q+2;;/p-2. The third kappa shape index (κ3) is 3.54. The Kier molecular flexibility index (Phi) is 6.37. The van der Waals surface area contributed by atoms with Crippen molar-refractivity contribution < 1.29 is 56.8 Å². The lowest BCUT2D eigenvalue weighted by atomic mass is 10.3. The third-order valence-corrected chi connectivity index (χ3v) is 3.65. The minimum Gasteiger partial charge on any atom is -1.00 e. The van der Waals surface area contributed by atoms with Crippen molar-refractivity contribution in [3.05, 3.63) is 23.0 Å². The highest BCUT2D eigenvalue weighted by Crippen LogP contribution is 2.15. The van der Waals surface area contributed by atoms with Crippen molar-refractivity contribution in [1.82, 2.24) is 4.57 Å². The molecule has 0 unspecified atom stereocenters. The van der Waals surface area contributed by atoms with Crippen LogP contribution in [0.1, 0.15) is 11.4 Å². The highest BCUT2D eigenvalue weighted by molar-refractivity contribution is 7.14. The fraction of sp³-hybridized carbons (Fsp3) is 0.545. The molecule has 0 fully saturated rings. The van der Waals surface area contributed by atoms with Crippen LogP contribution in [-0.4, -0.2) is 30.2 Å². The molecular formula is C11H19I2N3S. The smallest absolute Gasteiger partial charge is 0.346 e. The van der Waals surface area contributed by atoms with Gasteiger partial charge < -0.3 is 52.4 Å². The van der Waals surface area contributed by atoms with Crippen LogP contribution in [0.5, 0.6) is 0 Å². The Labute approximate surface area is 141 Å². The summed E-state index contributed by atoms with van der Waals surface area (Å²) in [5, 5.41) is 2.15. The van der Waals surface area contributed by atoms with Crippen LogP contribution in [-0.2, 0) is 13.6 Å². The van der Waals surface area contributed by atoms with E-state index in [4.69, 9.17) is 0 Å². The summed E-state index contributed by atoms with van der Waals surface area (Å²) in [6.45, 7) is 3.26. The summed E-state index contributed by atoms with van der Waals surface area (Å²) in [6.07, 6.45) is 2.16. The van der Waals surface area contributed by atoms with Gasteiger partial charge in [0.1, 0.15) is 18.4 Å². The average molecular weight is 479 g/mol. The summed E-state index contributed by atoms with van der Waals surface area (Å²) in [6, 6.07) is 0. The monoisotopic (exact) mass is 479 g/mol. The van der Waals surface area contributed by atoms with Crippen LogP contribution in [0.3, 0.4) is 0 Å². The molecule has 2 aromatic rings. The fourth-order valence-electron chi connectivity index (χ4n) is 1.87. The molecule has 6 heteroatoms. The van der Waals surface area contributed by atoms with Crippen LogP contribution in [0.2, 0.25) is 0 Å². The molecule has 0 aliphatic rings. The van der Waals surface area contributed by atoms with Gasteiger partial charge in [0.15, 0.2) is 0 Å². The van der Waals surface area contributed by atoms with E-state index in [0.29, 0.717) is 0 Å². The van der Waals surface area contributed by atoms with Gasteiger partial charge in [-0.15, -0.1) is 0 Å². The summed E-state index contributed by atoms with van der Waals surface area (Å²) >= 11 is 1.79. The summed E-state index contributed by atoms with van der Waals surface area (Å²) in [5.74, 6) is 0. The molecule has 0 saturated carbocycles. The van der Waals surface area contributed by atoms with Gasteiger partial charge in [-0.1, -0.05) is 11.3 Å². The number of rotatable bonds is 2. The molecule has 2 rings (SSSR count). The van der Waals surface area contributed by atoms with Gasteiger partial charge in [-0.3, -0.25) is 0 Å². The van der Waals surface area contributed by atoms with Gasteiger partial charge in [0.25, 0.3) is 0 Å². The Morgan fingerprint density at radius 2 is 1.88 bits per heavy atom. The molecule has 0 amide bonds. The molecule has 0 aliphatic heterocycles. The Hall–Kier alpha value is 0.590. The second-order valence-electron chi connectivity index (χ2n) is 5.10. The molecule has 0 aromatic carbocycles. The summed E-state index contributed by atoms with van der Waals surface area (Å²) in [5.41, 5.74) is 2.79. The molecule has 0 spiro atoms. The first-order valence-electron chi connectivity index (χ1n) is 5.13. The van der Waals surface area contributed by atoms with Crippen molar-refractivity contribution in [1.29, 1.82) is 0 Å². The predicted octanol–water partition coefficient (Wildman–Crippen LogP) is -4.65. The van der Waals surface area contributed by atoms with E-state index in [9.17, 15) is 0 Å². The second kappa shape index (κ2) is 6.16. The Morgan fingerprint density at radius 3 is 2.41 bits per heavy atom. The number of hydrogen-bond donors (Lipinski definition) is 0. The molecule has 2 aromatic heterocycles. The van der Waals surface area contributed by atoms with Crippen LogP contribution in [0.4, 0.5) is 0 Å². The predicted molar refractivity (Wildman–Crippen MR) is 62.9 cm³/mol. The zero-order valence-electron chi connectivity index (χ0n) is 10.9. The molecule has 98 valence electrons. The molecule has 0 N–H and O–H groups in total. The molecule has 0 radical (unpaired) electrons. The Balaban J connectivity index is 0.00000128. The Bertz CT molecular complexity index is 496. The minimum absolute atomic E-state index is 0. The van der Waals surface area contributed by atoms with Crippen LogP contribution < -0.4 is 52.4 Å². The zero-order chi connectivity index (χ0) is 11.2. The quantitative estimate of drug-likeness (QED) is 0.233. The van der Waals surface area contributed by atoms with Crippen LogP contribution in [0, 0.1) is 6.92 Å². The van der Waals surface area contributed by atoms with Crippen molar-refractivity contribution in [2.45, 2.75) is 13.5 Å². The van der Waals surface area contributed by atoms with E-state index in [1.165, 1.54) is 16.3 Å². The van der Waals surface area contributed by atoms with Gasteiger partial charge in [-0.05, 0) is 0 Å². The number of fused-ring (bicyclic) bond motifs is 1. The molecule has 0 saturated heterocycles. The van der Waals surface area contributed by atoms with Gasteiger partial charge in [-0.25, -0.2) is 4.57 Å². The van der Waals surface area contributed by atoms with Gasteiger partial charge >= 0.3 is 4.96 Å². The normalized spacial score (nSPS) is 11.1. The number of aryl methyl sites for hydroxylation is 1. The van der Waals surface area contributed by atoms with E-state index in [2.05, 4.69) is 55.7 Å². The van der Waals surface area contributed by atoms with E-state index < -0.39 is 0 Å². The summed E-state index contributed by atoms with van der Waals surface area (Å²) < 4.78 is 5.54. The van der Waals surface area contributed by atoms with Crippen LogP contribution in [0.25, 0.3) is 4.96 Å². The number of halogens is 2. The number of quaternary nitrogens is 1. The first kappa shape index (κ1) is 17.6. The van der Waals surface area contributed by atoms with E-state index in [-0.39, 0.29) is 48.0 Å². The maximum Gasteiger partial charge on any atom is 0.346 e. The molecular weight excluding hydrogens is 460 g/mol. The lowest BCUT2D eigenvalue weighted by Crippen LogP contribution is -3.00. The molecule has 17 heavy (non-hydrogen) atoms. The van der Waals surface area contributed by atoms with Gasteiger partial charge in [0.05, 0.1) is 28.2 Å². The SMILES string of the molecule is Cc1c(C[N+](C)(C)C)[n+]2ccsc2n1C.[I-].[I-]. The number of thiazole rings is 1. The highest BCUT2D eigenvalue weighted by atomic mass is 127. The topological polar surface area (TPSA) is 9.03 Å². The number of hydrogen-bond acceptors (Lipinski definition) is 1. The maximum absolute atomic E-state index is 2.31. The van der Waals surface area contributed by atoms with Crippen molar-refractivity contribution in [3.63, 3.8) is 0 Å². The van der Waals surface area contributed by atoms with Gasteiger partial charge in [-0.2, -0.15) is 4.40 Å². The number of imidazole rings is 1. The van der Waals surface area contributed by atoms with Gasteiger partial charge in [0.2, 0.25) is 5.69 Å². The lowest BCUT2D eigenvalue weighted by molar-refractivity contribution is -0.889. The lowest BCUT2D eigenvalue weighted by Gasteiger charge is -2.22. The molecule has 0 atom stereocenters. The molecule has 0 aliphatic carbocycles. The van der Waals surface area contributed by atoms with E-state index in [1.54, 1.807) is 11.3 Å². The molecule has 0 bridgehead atoms. The zero-order valence-corrected chi connectivity index (χ0v) is 16.0. The van der Waals surface area contributed by atoms with Crippen LogP contribution >= 0.6 is 11.3 Å². The third-order valence-electron chi connectivity index (χ3n) is 2.71. The molecule has 2 heterocycles. The summed E-state index contributed by atoms with van der Waals surface area (Å²) in [7, 11) is 8.82. The van der Waals surface area contributed by atoms with E-state index in [0.717, 1.165) is 11.0 Å². The summed E-state index contributed by atoms with van der Waals surface area (Å²) in [4.78, 5) is 1.32. The van der Waals surface area contributed by atoms with Crippen molar-refractivity contribution in [2.24, 2.45) is 7.05 Å². The number of nitrogens with zero attached hydrogens (tertiary/aromatic N) is 3. The van der Waals surface area contributed by atoms with Crippen molar-refractivity contribution in [2.75, 3.05) is 21.1 Å². The van der Waals surface area contributed by atoms with Crippen molar-refractivity contribution in [3.8, 4) is 0 Å². The molecule has 3 nitrogen and oxygen atoms in total. The maximum atomic E-state index is 2.31. The van der Waals surface area contributed by atoms with Gasteiger partial charge in [0, 0.05) is 12.3 Å². The van der Waals surface area contributed by atoms with E-state index in [1.807, 2.05) is 0 Å². The first-order chi connectivity index (χ1) is 6.90. The fourth-order valence-corrected chi connectivity index (χ4v) is 2.75. The first-order valence-corrected chi connectivity index (χ1v) is 6.01. The highest BCUT2D eigenvalue weighted by Gasteiger charge is 2.25. The minimum atomic E-state index is 0.